The lowest BCUT2D eigenvalue weighted by molar-refractivity contribution is 0.0948. The number of aliphatic hydroxyl groups excluding tert-OH is 1. The maximum atomic E-state index is 13.3. The number of aliphatic hydroxyl groups is 1. The summed E-state index contributed by atoms with van der Waals surface area (Å²) < 4.78 is 18.1. The lowest BCUT2D eigenvalue weighted by Gasteiger charge is -2.07. The number of hydrogen-bond donors (Lipinski definition) is 2. The zero-order chi connectivity index (χ0) is 14.8. The molecule has 0 radical (unpaired) electrons. The molecule has 0 spiro atoms. The number of rotatable bonds is 6. The Morgan fingerprint density at radius 3 is 3.00 bits per heavy atom. The molecule has 0 aromatic heterocycles. The smallest absolute Gasteiger partial charge is 0.252 e. The maximum absolute atomic E-state index is 13.3. The third kappa shape index (κ3) is 5.39. The highest BCUT2D eigenvalue weighted by atomic mass is 19.1. The molecule has 1 rings (SSSR count). The lowest BCUT2D eigenvalue weighted by atomic mass is 10.1. The monoisotopic (exact) mass is 279 g/mol. The SMILES string of the molecule is COCCCNC(=O)c1cc(F)ccc1C#CCCO. The van der Waals surface area contributed by atoms with Crippen LogP contribution in [-0.4, -0.2) is 37.9 Å². The third-order valence-corrected chi connectivity index (χ3v) is 2.50. The van der Waals surface area contributed by atoms with Gasteiger partial charge in [-0.2, -0.15) is 0 Å². The molecule has 20 heavy (non-hydrogen) atoms. The Morgan fingerprint density at radius 1 is 1.50 bits per heavy atom. The van der Waals surface area contributed by atoms with Crippen LogP contribution in [0.15, 0.2) is 18.2 Å². The van der Waals surface area contributed by atoms with Crippen molar-refractivity contribution in [2.24, 2.45) is 0 Å². The van der Waals surface area contributed by atoms with Gasteiger partial charge in [-0.3, -0.25) is 4.79 Å². The fourth-order valence-electron chi connectivity index (χ4n) is 1.54. The van der Waals surface area contributed by atoms with E-state index in [9.17, 15) is 9.18 Å². The minimum atomic E-state index is -0.486. The van der Waals surface area contributed by atoms with Crippen molar-refractivity contribution in [2.75, 3.05) is 26.9 Å². The van der Waals surface area contributed by atoms with Crippen molar-refractivity contribution >= 4 is 5.91 Å². The van der Waals surface area contributed by atoms with Crippen LogP contribution in [0.3, 0.4) is 0 Å². The number of carbonyl (C=O) groups excluding carboxylic acids is 1. The van der Waals surface area contributed by atoms with Crippen molar-refractivity contribution in [2.45, 2.75) is 12.8 Å². The van der Waals surface area contributed by atoms with Crippen LogP contribution < -0.4 is 5.32 Å². The van der Waals surface area contributed by atoms with Crippen molar-refractivity contribution in [1.29, 1.82) is 0 Å². The number of amides is 1. The van der Waals surface area contributed by atoms with Crippen LogP contribution >= 0.6 is 0 Å². The Hall–Kier alpha value is -1.90. The summed E-state index contributed by atoms with van der Waals surface area (Å²) >= 11 is 0. The zero-order valence-electron chi connectivity index (χ0n) is 11.4. The van der Waals surface area contributed by atoms with Gasteiger partial charge < -0.3 is 15.2 Å². The second kappa shape index (κ2) is 9.08. The lowest BCUT2D eigenvalue weighted by Crippen LogP contribution is -2.26. The number of methoxy groups -OCH3 is 1. The van der Waals surface area contributed by atoms with Gasteiger partial charge in [0.15, 0.2) is 0 Å². The van der Waals surface area contributed by atoms with Gasteiger partial charge in [-0.15, -0.1) is 0 Å². The first-order valence-electron chi connectivity index (χ1n) is 6.35. The van der Waals surface area contributed by atoms with Crippen LogP contribution in [-0.2, 0) is 4.74 Å². The van der Waals surface area contributed by atoms with Crippen molar-refractivity contribution in [1.82, 2.24) is 5.32 Å². The molecule has 4 nitrogen and oxygen atoms in total. The van der Waals surface area contributed by atoms with Crippen LogP contribution in [0.4, 0.5) is 4.39 Å². The largest absolute Gasteiger partial charge is 0.395 e. The molecule has 1 amide bonds. The number of nitrogens with one attached hydrogen (secondary N) is 1. The average Bonchev–Trinajstić information content (AvgIpc) is 2.45. The fraction of sp³-hybridized carbons (Fsp3) is 0.400. The highest BCUT2D eigenvalue weighted by Gasteiger charge is 2.10. The molecule has 5 heteroatoms. The van der Waals surface area contributed by atoms with E-state index in [-0.39, 0.29) is 18.1 Å². The predicted octanol–water partition coefficient (Wildman–Crippen LogP) is 1.33. The van der Waals surface area contributed by atoms with E-state index in [1.807, 2.05) is 0 Å². The molecular formula is C15H18FNO3. The molecule has 1 aromatic rings. The summed E-state index contributed by atoms with van der Waals surface area (Å²) in [6, 6.07) is 3.88. The summed E-state index contributed by atoms with van der Waals surface area (Å²) in [4.78, 5) is 12.0. The van der Waals surface area contributed by atoms with Crippen molar-refractivity contribution in [3.05, 3.63) is 35.1 Å². The van der Waals surface area contributed by atoms with Gasteiger partial charge >= 0.3 is 0 Å². The van der Waals surface area contributed by atoms with Crippen LogP contribution in [0.2, 0.25) is 0 Å². The van der Waals surface area contributed by atoms with E-state index in [0.29, 0.717) is 31.6 Å². The minimum Gasteiger partial charge on any atom is -0.395 e. The van der Waals surface area contributed by atoms with Crippen LogP contribution in [0.1, 0.15) is 28.8 Å². The summed E-state index contributed by atoms with van der Waals surface area (Å²) in [6.07, 6.45) is 0.995. The number of carbonyl (C=O) groups is 1. The number of benzene rings is 1. The molecule has 0 bridgehead atoms. The molecule has 0 fully saturated rings. The second-order valence-electron chi connectivity index (χ2n) is 4.07. The fourth-order valence-corrected chi connectivity index (χ4v) is 1.54. The molecule has 0 heterocycles. The average molecular weight is 279 g/mol. The summed E-state index contributed by atoms with van der Waals surface area (Å²) in [7, 11) is 1.59. The molecule has 0 saturated carbocycles. The van der Waals surface area contributed by atoms with E-state index < -0.39 is 5.82 Å². The van der Waals surface area contributed by atoms with E-state index in [1.165, 1.54) is 12.1 Å². The van der Waals surface area contributed by atoms with Gasteiger partial charge in [0, 0.05) is 32.2 Å². The van der Waals surface area contributed by atoms with Gasteiger partial charge in [-0.25, -0.2) is 4.39 Å². The molecule has 0 aliphatic heterocycles. The van der Waals surface area contributed by atoms with Gasteiger partial charge in [0.2, 0.25) is 0 Å². The van der Waals surface area contributed by atoms with E-state index in [0.717, 1.165) is 6.07 Å². The highest BCUT2D eigenvalue weighted by molar-refractivity contribution is 5.96. The quantitative estimate of drug-likeness (QED) is 0.610. The van der Waals surface area contributed by atoms with Gasteiger partial charge in [0.05, 0.1) is 12.2 Å². The minimum absolute atomic E-state index is 0.0489. The van der Waals surface area contributed by atoms with E-state index in [1.54, 1.807) is 7.11 Å². The van der Waals surface area contributed by atoms with Crippen molar-refractivity contribution < 1.29 is 19.0 Å². The van der Waals surface area contributed by atoms with Crippen molar-refractivity contribution in [3.8, 4) is 11.8 Å². The van der Waals surface area contributed by atoms with E-state index in [4.69, 9.17) is 9.84 Å². The normalized spacial score (nSPS) is 9.75. The predicted molar refractivity (Wildman–Crippen MR) is 73.8 cm³/mol. The summed E-state index contributed by atoms with van der Waals surface area (Å²) in [6.45, 7) is 0.950. The third-order valence-electron chi connectivity index (χ3n) is 2.50. The first kappa shape index (κ1) is 16.2. The number of halogens is 1. The molecular weight excluding hydrogens is 261 g/mol. The molecule has 0 unspecified atom stereocenters. The van der Waals surface area contributed by atoms with E-state index >= 15 is 0 Å². The summed E-state index contributed by atoms with van der Waals surface area (Å²) in [5, 5.41) is 11.4. The standard InChI is InChI=1S/C15H18FNO3/c1-20-10-4-8-17-15(19)14-11-13(16)7-6-12(14)5-2-3-9-18/h6-7,11,18H,3-4,8-10H2,1H3,(H,17,19). The maximum Gasteiger partial charge on any atom is 0.252 e. The summed E-state index contributed by atoms with van der Waals surface area (Å²) in [5.74, 6) is 4.63. The van der Waals surface area contributed by atoms with Crippen molar-refractivity contribution in [3.63, 3.8) is 0 Å². The van der Waals surface area contributed by atoms with Crippen LogP contribution in [0.25, 0.3) is 0 Å². The molecule has 0 atom stereocenters. The Kier molecular flexibility index (Phi) is 7.33. The van der Waals surface area contributed by atoms with Crippen LogP contribution in [0, 0.1) is 17.7 Å². The number of ether oxygens (including phenoxy) is 1. The topological polar surface area (TPSA) is 58.6 Å². The Balaban J connectivity index is 2.78. The molecule has 2 N–H and O–H groups in total. The first-order chi connectivity index (χ1) is 9.69. The first-order valence-corrected chi connectivity index (χ1v) is 6.35. The molecule has 0 aliphatic carbocycles. The zero-order valence-corrected chi connectivity index (χ0v) is 11.4. The van der Waals surface area contributed by atoms with Gasteiger partial charge in [-0.1, -0.05) is 11.8 Å². The molecule has 1 aromatic carbocycles. The van der Waals surface area contributed by atoms with Gasteiger partial charge in [-0.05, 0) is 24.6 Å². The Bertz CT molecular complexity index is 506. The van der Waals surface area contributed by atoms with Gasteiger partial charge in [0.1, 0.15) is 5.82 Å². The Labute approximate surface area is 117 Å². The Morgan fingerprint density at radius 2 is 2.30 bits per heavy atom. The summed E-state index contributed by atoms with van der Waals surface area (Å²) in [5.41, 5.74) is 0.650. The highest BCUT2D eigenvalue weighted by Crippen LogP contribution is 2.10. The number of hydrogen-bond acceptors (Lipinski definition) is 3. The molecule has 0 aliphatic rings. The van der Waals surface area contributed by atoms with Crippen LogP contribution in [0.5, 0.6) is 0 Å². The second-order valence-corrected chi connectivity index (χ2v) is 4.07. The van der Waals surface area contributed by atoms with E-state index in [2.05, 4.69) is 17.2 Å². The molecule has 108 valence electrons. The van der Waals surface area contributed by atoms with Gasteiger partial charge in [0.25, 0.3) is 5.91 Å². The molecule has 0 saturated heterocycles.